The number of hydrogen-bond donors (Lipinski definition) is 3. The van der Waals surface area contributed by atoms with E-state index in [0.717, 1.165) is 5.56 Å². The molecule has 0 aliphatic heterocycles. The minimum absolute atomic E-state index is 0.0663. The van der Waals surface area contributed by atoms with E-state index < -0.39 is 10.0 Å². The third-order valence-electron chi connectivity index (χ3n) is 3.59. The molecular formula is C18H22ClN3O3S. The summed E-state index contributed by atoms with van der Waals surface area (Å²) in [6.07, 6.45) is 0.542. The Labute approximate surface area is 159 Å². The lowest BCUT2D eigenvalue weighted by Gasteiger charge is -2.15. The molecule has 0 saturated heterocycles. The highest BCUT2D eigenvalue weighted by Crippen LogP contribution is 2.18. The number of rotatable bonds is 7. The average Bonchev–Trinajstić information content (AvgIpc) is 2.56. The number of urea groups is 1. The molecule has 2 amide bonds. The Hall–Kier alpha value is -2.25. The van der Waals surface area contributed by atoms with Gasteiger partial charge in [-0.25, -0.2) is 13.2 Å². The number of anilines is 2. The Balaban J connectivity index is 1.93. The van der Waals surface area contributed by atoms with E-state index in [2.05, 4.69) is 15.4 Å². The molecule has 0 bridgehead atoms. The van der Waals surface area contributed by atoms with E-state index in [9.17, 15) is 13.2 Å². The first-order valence-electron chi connectivity index (χ1n) is 8.22. The van der Waals surface area contributed by atoms with E-state index in [-0.39, 0.29) is 17.8 Å². The van der Waals surface area contributed by atoms with Crippen molar-refractivity contribution in [1.29, 1.82) is 0 Å². The van der Waals surface area contributed by atoms with Gasteiger partial charge in [0.1, 0.15) is 0 Å². The van der Waals surface area contributed by atoms with Crippen LogP contribution in [0.5, 0.6) is 0 Å². The maximum absolute atomic E-state index is 12.1. The molecule has 0 saturated carbocycles. The molecule has 140 valence electrons. The summed E-state index contributed by atoms with van der Waals surface area (Å²) >= 11 is 5.96. The van der Waals surface area contributed by atoms with Gasteiger partial charge in [-0.05, 0) is 55.3 Å². The smallest absolute Gasteiger partial charge is 0.319 e. The van der Waals surface area contributed by atoms with Crippen LogP contribution in [-0.4, -0.2) is 20.2 Å². The zero-order valence-electron chi connectivity index (χ0n) is 14.6. The normalized spacial score (nSPS) is 12.3. The van der Waals surface area contributed by atoms with Crippen molar-refractivity contribution in [3.8, 4) is 0 Å². The van der Waals surface area contributed by atoms with Gasteiger partial charge in [-0.1, -0.05) is 30.7 Å². The number of amides is 2. The van der Waals surface area contributed by atoms with Gasteiger partial charge in [0.15, 0.2) is 0 Å². The van der Waals surface area contributed by atoms with Crippen LogP contribution in [0.15, 0.2) is 48.5 Å². The molecule has 0 aliphatic carbocycles. The van der Waals surface area contributed by atoms with Crippen LogP contribution in [0.4, 0.5) is 16.2 Å². The maximum atomic E-state index is 12.1. The largest absolute Gasteiger partial charge is 0.331 e. The first kappa shape index (κ1) is 20.1. The van der Waals surface area contributed by atoms with Gasteiger partial charge in [-0.3, -0.25) is 4.72 Å². The number of halogens is 1. The van der Waals surface area contributed by atoms with Crippen molar-refractivity contribution < 1.29 is 13.2 Å². The van der Waals surface area contributed by atoms with Gasteiger partial charge in [0.25, 0.3) is 0 Å². The van der Waals surface area contributed by atoms with Crippen molar-refractivity contribution >= 4 is 39.0 Å². The minimum atomic E-state index is -3.33. The lowest BCUT2D eigenvalue weighted by molar-refractivity contribution is 0.249. The molecule has 0 radical (unpaired) electrons. The van der Waals surface area contributed by atoms with Crippen molar-refractivity contribution in [2.24, 2.45) is 0 Å². The quantitative estimate of drug-likeness (QED) is 0.650. The van der Waals surface area contributed by atoms with E-state index in [1.165, 1.54) is 0 Å². The summed E-state index contributed by atoms with van der Waals surface area (Å²) < 4.78 is 26.0. The van der Waals surface area contributed by atoms with E-state index in [0.29, 0.717) is 22.8 Å². The molecule has 1 atom stereocenters. The van der Waals surface area contributed by atoms with E-state index in [4.69, 9.17) is 11.6 Å². The van der Waals surface area contributed by atoms with E-state index >= 15 is 0 Å². The van der Waals surface area contributed by atoms with Gasteiger partial charge < -0.3 is 10.6 Å². The summed E-state index contributed by atoms with van der Waals surface area (Å²) in [6.45, 7) is 3.66. The molecule has 2 rings (SSSR count). The second-order valence-corrected chi connectivity index (χ2v) is 8.15. The molecule has 3 N–H and O–H groups in total. The van der Waals surface area contributed by atoms with Gasteiger partial charge in [0.2, 0.25) is 10.0 Å². The Morgan fingerprint density at radius 1 is 1.12 bits per heavy atom. The van der Waals surface area contributed by atoms with Gasteiger partial charge in [-0.2, -0.15) is 0 Å². The number of benzene rings is 2. The molecular weight excluding hydrogens is 374 g/mol. The van der Waals surface area contributed by atoms with Crippen molar-refractivity contribution in [2.75, 3.05) is 15.8 Å². The fourth-order valence-corrected chi connectivity index (χ4v) is 3.68. The zero-order valence-corrected chi connectivity index (χ0v) is 16.2. The average molecular weight is 396 g/mol. The predicted octanol–water partition coefficient (Wildman–Crippen LogP) is 4.37. The number of carbonyl (C=O) groups excluding carboxylic acids is 1. The van der Waals surface area contributed by atoms with Crippen LogP contribution in [-0.2, 0) is 10.0 Å². The Morgan fingerprint density at radius 2 is 1.77 bits per heavy atom. The first-order chi connectivity index (χ1) is 12.3. The van der Waals surface area contributed by atoms with Gasteiger partial charge in [-0.15, -0.1) is 0 Å². The standard InChI is InChI=1S/C18H22ClN3O3S/c1-3-11-26(24,25)22-17-9-7-16(8-10-17)21-18(23)20-13(2)14-5-4-6-15(19)12-14/h4-10,12-13,22H,3,11H2,1-2H3,(H2,20,21,23). The Morgan fingerprint density at radius 3 is 2.38 bits per heavy atom. The summed E-state index contributed by atoms with van der Waals surface area (Å²) in [5.74, 6) is 0.0663. The summed E-state index contributed by atoms with van der Waals surface area (Å²) in [5.41, 5.74) is 1.91. The zero-order chi connectivity index (χ0) is 19.2. The van der Waals surface area contributed by atoms with E-state index in [1.807, 2.05) is 19.1 Å². The maximum Gasteiger partial charge on any atom is 0.319 e. The lowest BCUT2D eigenvalue weighted by atomic mass is 10.1. The van der Waals surface area contributed by atoms with Crippen molar-refractivity contribution in [1.82, 2.24) is 5.32 Å². The van der Waals surface area contributed by atoms with Crippen LogP contribution in [0.3, 0.4) is 0 Å². The molecule has 0 fully saturated rings. The highest BCUT2D eigenvalue weighted by molar-refractivity contribution is 7.92. The fraction of sp³-hybridized carbons (Fsp3) is 0.278. The second-order valence-electron chi connectivity index (χ2n) is 5.87. The third kappa shape index (κ3) is 6.24. The Kier molecular flexibility index (Phi) is 6.88. The molecule has 8 heteroatoms. The number of sulfonamides is 1. The second kappa shape index (κ2) is 8.91. The molecule has 2 aromatic rings. The van der Waals surface area contributed by atoms with Gasteiger partial charge in [0, 0.05) is 16.4 Å². The molecule has 0 aliphatic rings. The molecule has 2 aromatic carbocycles. The number of nitrogens with one attached hydrogen (secondary N) is 3. The summed E-state index contributed by atoms with van der Waals surface area (Å²) in [7, 11) is -3.33. The molecule has 0 spiro atoms. The summed E-state index contributed by atoms with van der Waals surface area (Å²) in [5, 5.41) is 6.14. The van der Waals surface area contributed by atoms with Crippen LogP contribution >= 0.6 is 11.6 Å². The predicted molar refractivity (Wildman–Crippen MR) is 106 cm³/mol. The minimum Gasteiger partial charge on any atom is -0.331 e. The Bertz CT molecular complexity index is 854. The van der Waals surface area contributed by atoms with Crippen molar-refractivity contribution in [3.63, 3.8) is 0 Å². The molecule has 26 heavy (non-hydrogen) atoms. The highest BCUT2D eigenvalue weighted by atomic mass is 35.5. The van der Waals surface area contributed by atoms with Crippen LogP contribution in [0, 0.1) is 0 Å². The summed E-state index contributed by atoms with van der Waals surface area (Å²) in [6, 6.07) is 13.2. The SMILES string of the molecule is CCCS(=O)(=O)Nc1ccc(NC(=O)NC(C)c2cccc(Cl)c2)cc1. The van der Waals surface area contributed by atoms with Gasteiger partial charge >= 0.3 is 6.03 Å². The van der Waals surface area contributed by atoms with E-state index in [1.54, 1.807) is 43.3 Å². The molecule has 0 heterocycles. The highest BCUT2D eigenvalue weighted by Gasteiger charge is 2.11. The lowest BCUT2D eigenvalue weighted by Crippen LogP contribution is -2.31. The topological polar surface area (TPSA) is 87.3 Å². The van der Waals surface area contributed by atoms with Gasteiger partial charge in [0.05, 0.1) is 11.8 Å². The number of hydrogen-bond acceptors (Lipinski definition) is 3. The van der Waals surface area contributed by atoms with Crippen molar-refractivity contribution in [2.45, 2.75) is 26.3 Å². The fourth-order valence-electron chi connectivity index (χ4n) is 2.34. The molecule has 0 aromatic heterocycles. The summed E-state index contributed by atoms with van der Waals surface area (Å²) in [4.78, 5) is 12.1. The van der Waals surface area contributed by atoms with Crippen molar-refractivity contribution in [3.05, 3.63) is 59.1 Å². The monoisotopic (exact) mass is 395 g/mol. The molecule has 6 nitrogen and oxygen atoms in total. The molecule has 1 unspecified atom stereocenters. The first-order valence-corrected chi connectivity index (χ1v) is 10.3. The van der Waals surface area contributed by atoms with Crippen LogP contribution in [0.1, 0.15) is 31.9 Å². The van der Waals surface area contributed by atoms with Crippen LogP contribution in [0.2, 0.25) is 5.02 Å². The van der Waals surface area contributed by atoms with Crippen LogP contribution < -0.4 is 15.4 Å². The third-order valence-corrected chi connectivity index (χ3v) is 5.31. The van der Waals surface area contributed by atoms with Crippen LogP contribution in [0.25, 0.3) is 0 Å². The number of carbonyl (C=O) groups is 1.